The summed E-state index contributed by atoms with van der Waals surface area (Å²) in [6, 6.07) is 4.28. The Balaban J connectivity index is 2.29. The Hall–Kier alpha value is -0.870. The zero-order chi connectivity index (χ0) is 12.7. The molecule has 0 aliphatic carbocycles. The third-order valence-electron chi connectivity index (χ3n) is 2.60. The van der Waals surface area contributed by atoms with Gasteiger partial charge in [-0.15, -0.1) is 11.3 Å². The van der Waals surface area contributed by atoms with Crippen molar-refractivity contribution in [1.29, 1.82) is 0 Å². The molecule has 1 aromatic rings. The lowest BCUT2D eigenvalue weighted by atomic mass is 10.1. The van der Waals surface area contributed by atoms with Crippen LogP contribution in [0.15, 0.2) is 12.1 Å². The summed E-state index contributed by atoms with van der Waals surface area (Å²) in [6.07, 6.45) is 3.15. The molecular weight excluding hydrogens is 234 g/mol. The van der Waals surface area contributed by atoms with Crippen LogP contribution < -0.4 is 5.73 Å². The number of carbonyl (C=O) groups excluding carboxylic acids is 1. The van der Waals surface area contributed by atoms with Gasteiger partial charge in [0.25, 0.3) is 0 Å². The van der Waals surface area contributed by atoms with Crippen molar-refractivity contribution in [2.75, 3.05) is 6.61 Å². The molecule has 0 saturated heterocycles. The van der Waals surface area contributed by atoms with Crippen molar-refractivity contribution in [3.63, 3.8) is 0 Å². The summed E-state index contributed by atoms with van der Waals surface area (Å²) in [5, 5.41) is 0. The minimum atomic E-state index is -0.125. The molecule has 1 rings (SSSR count). The first-order valence-corrected chi connectivity index (χ1v) is 6.98. The topological polar surface area (TPSA) is 52.3 Å². The number of ether oxygens (including phenoxy) is 1. The van der Waals surface area contributed by atoms with Gasteiger partial charge < -0.3 is 10.5 Å². The Morgan fingerprint density at radius 2 is 2.24 bits per heavy atom. The van der Waals surface area contributed by atoms with E-state index in [2.05, 4.69) is 19.1 Å². The van der Waals surface area contributed by atoms with Gasteiger partial charge in [0.05, 0.1) is 6.61 Å². The molecule has 4 heteroatoms. The molecule has 1 heterocycles. The lowest BCUT2D eigenvalue weighted by Gasteiger charge is -2.08. The Morgan fingerprint density at radius 1 is 1.47 bits per heavy atom. The third kappa shape index (κ3) is 4.88. The zero-order valence-corrected chi connectivity index (χ0v) is 11.4. The fourth-order valence-electron chi connectivity index (χ4n) is 1.63. The van der Waals surface area contributed by atoms with Crippen molar-refractivity contribution < 1.29 is 9.53 Å². The molecule has 1 aromatic heterocycles. The molecule has 0 radical (unpaired) electrons. The highest BCUT2D eigenvalue weighted by atomic mass is 32.1. The molecule has 0 fully saturated rings. The van der Waals surface area contributed by atoms with Crippen LogP contribution in [0.25, 0.3) is 0 Å². The molecule has 0 amide bonds. The first-order chi connectivity index (χ1) is 8.17. The van der Waals surface area contributed by atoms with E-state index >= 15 is 0 Å². The second-order valence-electron chi connectivity index (χ2n) is 3.96. The molecule has 2 N–H and O–H groups in total. The predicted molar refractivity (Wildman–Crippen MR) is 71.1 cm³/mol. The van der Waals surface area contributed by atoms with E-state index in [-0.39, 0.29) is 12.0 Å². The van der Waals surface area contributed by atoms with E-state index < -0.39 is 0 Å². The smallest absolute Gasteiger partial charge is 0.305 e. The fourth-order valence-corrected chi connectivity index (χ4v) is 2.61. The van der Waals surface area contributed by atoms with E-state index in [4.69, 9.17) is 10.5 Å². The van der Waals surface area contributed by atoms with Gasteiger partial charge in [-0.3, -0.25) is 4.79 Å². The van der Waals surface area contributed by atoms with Crippen molar-refractivity contribution in [3.05, 3.63) is 21.9 Å². The first kappa shape index (κ1) is 14.2. The van der Waals surface area contributed by atoms with Crippen LogP contribution in [0.2, 0.25) is 0 Å². The van der Waals surface area contributed by atoms with E-state index in [9.17, 15) is 4.79 Å². The highest BCUT2D eigenvalue weighted by Gasteiger charge is 2.10. The van der Waals surface area contributed by atoms with Gasteiger partial charge in [-0.2, -0.15) is 0 Å². The van der Waals surface area contributed by atoms with Crippen LogP contribution in [0.3, 0.4) is 0 Å². The minimum absolute atomic E-state index is 0.0507. The van der Waals surface area contributed by atoms with Crippen LogP contribution in [-0.2, 0) is 16.0 Å². The van der Waals surface area contributed by atoms with Crippen molar-refractivity contribution in [3.8, 4) is 0 Å². The molecule has 96 valence electrons. The van der Waals surface area contributed by atoms with Crippen LogP contribution in [0.1, 0.15) is 48.9 Å². The molecule has 0 spiro atoms. The van der Waals surface area contributed by atoms with Gasteiger partial charge in [-0.1, -0.05) is 6.92 Å². The van der Waals surface area contributed by atoms with Gasteiger partial charge in [0.1, 0.15) is 0 Å². The van der Waals surface area contributed by atoms with Crippen LogP contribution in [-0.4, -0.2) is 12.6 Å². The van der Waals surface area contributed by atoms with Gasteiger partial charge in [0.15, 0.2) is 0 Å². The molecule has 17 heavy (non-hydrogen) atoms. The van der Waals surface area contributed by atoms with Crippen LogP contribution in [0, 0.1) is 0 Å². The molecule has 0 aromatic carbocycles. The number of nitrogens with two attached hydrogens (primary N) is 1. The fraction of sp³-hybridized carbons (Fsp3) is 0.615. The lowest BCUT2D eigenvalue weighted by molar-refractivity contribution is -0.143. The first-order valence-electron chi connectivity index (χ1n) is 6.17. The molecule has 0 bridgehead atoms. The largest absolute Gasteiger partial charge is 0.466 e. The maximum Gasteiger partial charge on any atom is 0.305 e. The number of hydrogen-bond donors (Lipinski definition) is 1. The van der Waals surface area contributed by atoms with Gasteiger partial charge in [0, 0.05) is 22.2 Å². The summed E-state index contributed by atoms with van der Waals surface area (Å²) >= 11 is 1.77. The van der Waals surface area contributed by atoms with E-state index in [0.717, 1.165) is 19.3 Å². The predicted octanol–water partition coefficient (Wildman–Crippen LogP) is 3.04. The second-order valence-corrected chi connectivity index (χ2v) is 5.16. The maximum atomic E-state index is 11.2. The number of hydrogen-bond acceptors (Lipinski definition) is 4. The van der Waals surface area contributed by atoms with Gasteiger partial charge in [0.2, 0.25) is 0 Å². The molecule has 0 aliphatic rings. The van der Waals surface area contributed by atoms with E-state index in [1.165, 1.54) is 9.75 Å². The molecule has 1 atom stereocenters. The van der Waals surface area contributed by atoms with Gasteiger partial charge >= 0.3 is 5.97 Å². The van der Waals surface area contributed by atoms with E-state index in [1.807, 2.05) is 6.92 Å². The summed E-state index contributed by atoms with van der Waals surface area (Å²) in [6.45, 7) is 4.42. The average molecular weight is 255 g/mol. The van der Waals surface area contributed by atoms with E-state index in [1.54, 1.807) is 11.3 Å². The molecule has 3 nitrogen and oxygen atoms in total. The molecule has 1 unspecified atom stereocenters. The number of rotatable bonds is 7. The van der Waals surface area contributed by atoms with Gasteiger partial charge in [-0.05, 0) is 38.3 Å². The Labute approximate surface area is 107 Å². The van der Waals surface area contributed by atoms with Crippen LogP contribution in [0.4, 0.5) is 0 Å². The quantitative estimate of drug-likeness (QED) is 0.762. The summed E-state index contributed by atoms with van der Waals surface area (Å²) in [5.41, 5.74) is 6.08. The third-order valence-corrected chi connectivity index (χ3v) is 3.96. The van der Waals surface area contributed by atoms with E-state index in [0.29, 0.717) is 13.0 Å². The van der Waals surface area contributed by atoms with Crippen LogP contribution in [0.5, 0.6) is 0 Å². The normalized spacial score (nSPS) is 12.4. The summed E-state index contributed by atoms with van der Waals surface area (Å²) in [7, 11) is 0. The Morgan fingerprint density at radius 3 is 2.82 bits per heavy atom. The summed E-state index contributed by atoms with van der Waals surface area (Å²) < 4.78 is 4.87. The average Bonchev–Trinajstić information content (AvgIpc) is 2.77. The second kappa shape index (κ2) is 7.45. The number of thiophene rings is 1. The van der Waals surface area contributed by atoms with Crippen molar-refractivity contribution >= 4 is 17.3 Å². The summed E-state index contributed by atoms with van der Waals surface area (Å²) in [5.74, 6) is -0.125. The monoisotopic (exact) mass is 255 g/mol. The SMILES string of the molecule is CCOC(=O)CCCC(N)c1ccc(CC)s1. The maximum absolute atomic E-state index is 11.2. The number of esters is 1. The highest BCUT2D eigenvalue weighted by molar-refractivity contribution is 7.12. The number of carbonyl (C=O) groups is 1. The molecular formula is C13H21NO2S. The number of aryl methyl sites for hydroxylation is 1. The molecule has 0 aliphatic heterocycles. The van der Waals surface area contributed by atoms with Crippen molar-refractivity contribution in [2.24, 2.45) is 5.73 Å². The molecule has 0 saturated carbocycles. The highest BCUT2D eigenvalue weighted by Crippen LogP contribution is 2.25. The van der Waals surface area contributed by atoms with Gasteiger partial charge in [-0.25, -0.2) is 0 Å². The summed E-state index contributed by atoms with van der Waals surface area (Å²) in [4.78, 5) is 13.7. The lowest BCUT2D eigenvalue weighted by Crippen LogP contribution is -2.10. The Bertz CT molecular complexity index is 349. The van der Waals surface area contributed by atoms with Crippen molar-refractivity contribution in [2.45, 2.75) is 45.6 Å². The van der Waals surface area contributed by atoms with Crippen LogP contribution >= 0.6 is 11.3 Å². The zero-order valence-electron chi connectivity index (χ0n) is 10.6. The minimum Gasteiger partial charge on any atom is -0.466 e. The Kier molecular flexibility index (Phi) is 6.22. The van der Waals surface area contributed by atoms with Crippen molar-refractivity contribution in [1.82, 2.24) is 0 Å². The standard InChI is InChI=1S/C13H21NO2S/c1-3-10-8-9-12(17-10)11(14)6-5-7-13(15)16-4-2/h8-9,11H,3-7,14H2,1-2H3.